The van der Waals surface area contributed by atoms with Gasteiger partial charge in [-0.05, 0) is 51.0 Å². The Labute approximate surface area is 211 Å². The second-order valence-electron chi connectivity index (χ2n) is 10.1. The predicted molar refractivity (Wildman–Crippen MR) is 134 cm³/mol. The lowest BCUT2D eigenvalue weighted by atomic mass is 9.97. The Morgan fingerprint density at radius 1 is 0.889 bits per heavy atom. The average Bonchev–Trinajstić information content (AvgIpc) is 3.48. The third-order valence-electron chi connectivity index (χ3n) is 5.55. The van der Waals surface area contributed by atoms with Gasteiger partial charge >= 0.3 is 6.09 Å². The Morgan fingerprint density at radius 2 is 1.33 bits per heavy atom. The van der Waals surface area contributed by atoms with Gasteiger partial charge in [0.1, 0.15) is 23.9 Å². The number of carbonyl (C=O) groups excluding carboxylic acids is 3. The molecule has 1 unspecified atom stereocenters. The second kappa shape index (κ2) is 13.1. The molecule has 0 aliphatic heterocycles. The molecular weight excluding hydrogens is 466 g/mol. The molecule has 0 bridgehead atoms. The molecule has 0 fully saturated rings. The van der Waals surface area contributed by atoms with E-state index in [-0.39, 0.29) is 19.0 Å². The summed E-state index contributed by atoms with van der Waals surface area (Å²) in [7, 11) is 0. The fourth-order valence-electron chi connectivity index (χ4n) is 3.77. The molecule has 0 aliphatic carbocycles. The highest BCUT2D eigenvalue weighted by atomic mass is 16.6. The van der Waals surface area contributed by atoms with Crippen molar-refractivity contribution in [3.63, 3.8) is 0 Å². The lowest BCUT2D eigenvalue weighted by Crippen LogP contribution is -2.60. The van der Waals surface area contributed by atoms with Crippen LogP contribution in [0.15, 0.2) is 49.1 Å². The smallest absolute Gasteiger partial charge is 0.408 e. The summed E-state index contributed by atoms with van der Waals surface area (Å²) in [4.78, 5) is 36.5. The van der Waals surface area contributed by atoms with E-state index < -0.39 is 47.9 Å². The van der Waals surface area contributed by atoms with Crippen molar-refractivity contribution < 1.29 is 29.3 Å². The number of aromatic nitrogens is 2. The van der Waals surface area contributed by atoms with Crippen LogP contribution in [0.25, 0.3) is 0 Å². The quantitative estimate of drug-likeness (QED) is 0.255. The molecule has 0 spiro atoms. The van der Waals surface area contributed by atoms with E-state index in [0.717, 1.165) is 0 Å². The van der Waals surface area contributed by atoms with E-state index in [1.54, 1.807) is 92.8 Å². The maximum atomic E-state index is 13.0. The van der Waals surface area contributed by atoms with Crippen molar-refractivity contribution >= 4 is 18.4 Å². The van der Waals surface area contributed by atoms with Crippen LogP contribution in [0.5, 0.6) is 0 Å². The highest BCUT2D eigenvalue weighted by Crippen LogP contribution is 2.14. The van der Waals surface area contributed by atoms with Gasteiger partial charge in [0.25, 0.3) is 0 Å². The van der Waals surface area contributed by atoms with Crippen LogP contribution in [-0.2, 0) is 27.4 Å². The number of nitrogens with zero attached hydrogens (tertiary/aromatic N) is 2. The van der Waals surface area contributed by atoms with Crippen LogP contribution in [0, 0.1) is 5.92 Å². The maximum Gasteiger partial charge on any atom is 0.408 e. The minimum Gasteiger partial charge on any atom is -0.444 e. The Hall–Kier alpha value is -3.31. The van der Waals surface area contributed by atoms with E-state index in [1.165, 1.54) is 0 Å². The SMILES string of the molecule is CC(C)[C@H](NC=O)C(=O)N[C@H](Cn1cccc1)[C@@H](O)[C@@H](O)C(Cn1cccc1)NC(=O)OC(C)(C)C. The van der Waals surface area contributed by atoms with Crippen molar-refractivity contribution in [2.45, 2.75) is 83.6 Å². The van der Waals surface area contributed by atoms with E-state index in [1.807, 2.05) is 0 Å². The number of aliphatic hydroxyl groups is 2. The van der Waals surface area contributed by atoms with Crippen molar-refractivity contribution in [3.05, 3.63) is 49.1 Å². The summed E-state index contributed by atoms with van der Waals surface area (Å²) in [6.07, 6.45) is 3.81. The van der Waals surface area contributed by atoms with Crippen LogP contribution < -0.4 is 16.0 Å². The van der Waals surface area contributed by atoms with E-state index in [9.17, 15) is 24.6 Å². The highest BCUT2D eigenvalue weighted by Gasteiger charge is 2.36. The third-order valence-corrected chi connectivity index (χ3v) is 5.55. The van der Waals surface area contributed by atoms with Gasteiger partial charge in [0.05, 0.1) is 12.1 Å². The molecule has 0 saturated carbocycles. The van der Waals surface area contributed by atoms with E-state index in [0.29, 0.717) is 6.41 Å². The van der Waals surface area contributed by atoms with Crippen molar-refractivity contribution in [1.29, 1.82) is 0 Å². The monoisotopic (exact) mass is 505 g/mol. The molecule has 5 N–H and O–H groups in total. The molecule has 11 heteroatoms. The number of carbonyl (C=O) groups is 3. The van der Waals surface area contributed by atoms with Crippen molar-refractivity contribution in [2.24, 2.45) is 5.92 Å². The molecule has 200 valence electrons. The zero-order valence-electron chi connectivity index (χ0n) is 21.5. The van der Waals surface area contributed by atoms with Gasteiger partial charge in [0.2, 0.25) is 12.3 Å². The van der Waals surface area contributed by atoms with E-state index in [2.05, 4.69) is 16.0 Å². The number of ether oxygens (including phenoxy) is 1. The van der Waals surface area contributed by atoms with Gasteiger partial charge in [-0.15, -0.1) is 0 Å². The first-order valence-corrected chi connectivity index (χ1v) is 12.0. The van der Waals surface area contributed by atoms with Crippen LogP contribution in [0.1, 0.15) is 34.6 Å². The van der Waals surface area contributed by atoms with Crippen LogP contribution in [0.3, 0.4) is 0 Å². The molecule has 36 heavy (non-hydrogen) atoms. The molecule has 3 amide bonds. The second-order valence-corrected chi connectivity index (χ2v) is 10.1. The predicted octanol–water partition coefficient (Wildman–Crippen LogP) is 0.860. The minimum absolute atomic E-state index is 0.144. The molecule has 5 atom stereocenters. The molecule has 2 aromatic heterocycles. The zero-order chi connectivity index (χ0) is 26.9. The largest absolute Gasteiger partial charge is 0.444 e. The van der Waals surface area contributed by atoms with Gasteiger partial charge < -0.3 is 40.0 Å². The van der Waals surface area contributed by atoms with Gasteiger partial charge in [-0.1, -0.05) is 13.8 Å². The van der Waals surface area contributed by atoms with Crippen LogP contribution in [-0.4, -0.2) is 73.7 Å². The summed E-state index contributed by atoms with van der Waals surface area (Å²) in [6, 6.07) is 4.48. The molecule has 2 aromatic rings. The normalized spacial score (nSPS) is 15.9. The van der Waals surface area contributed by atoms with Crippen LogP contribution >= 0.6 is 0 Å². The van der Waals surface area contributed by atoms with Crippen molar-refractivity contribution in [3.8, 4) is 0 Å². The number of rotatable bonds is 13. The molecule has 2 heterocycles. The fraction of sp³-hybridized carbons (Fsp3) is 0.560. The maximum absolute atomic E-state index is 13.0. The first-order chi connectivity index (χ1) is 16.9. The summed E-state index contributed by atoms with van der Waals surface area (Å²) in [5.74, 6) is -0.706. The van der Waals surface area contributed by atoms with Gasteiger partial charge in [-0.25, -0.2) is 4.79 Å². The summed E-state index contributed by atoms with van der Waals surface area (Å²) >= 11 is 0. The number of aliphatic hydroxyl groups excluding tert-OH is 2. The lowest BCUT2D eigenvalue weighted by molar-refractivity contribution is -0.129. The van der Waals surface area contributed by atoms with Gasteiger partial charge in [0.15, 0.2) is 0 Å². The van der Waals surface area contributed by atoms with E-state index >= 15 is 0 Å². The molecular formula is C25H39N5O6. The average molecular weight is 506 g/mol. The van der Waals surface area contributed by atoms with Crippen LogP contribution in [0.4, 0.5) is 4.79 Å². The Kier molecular flexibility index (Phi) is 10.5. The number of hydrogen-bond acceptors (Lipinski definition) is 6. The zero-order valence-corrected chi connectivity index (χ0v) is 21.5. The van der Waals surface area contributed by atoms with Crippen molar-refractivity contribution in [1.82, 2.24) is 25.1 Å². The third kappa shape index (κ3) is 9.04. The van der Waals surface area contributed by atoms with E-state index in [4.69, 9.17) is 4.74 Å². The summed E-state index contributed by atoms with van der Waals surface area (Å²) in [6.45, 7) is 9.02. The highest BCUT2D eigenvalue weighted by molar-refractivity contribution is 5.84. The number of hydrogen-bond donors (Lipinski definition) is 5. The first kappa shape index (κ1) is 28.9. The number of nitrogens with one attached hydrogen (secondary N) is 3. The summed E-state index contributed by atoms with van der Waals surface area (Å²) in [5.41, 5.74) is -0.756. The fourth-order valence-corrected chi connectivity index (χ4v) is 3.77. The topological polar surface area (TPSA) is 147 Å². The Bertz CT molecular complexity index is 939. The van der Waals surface area contributed by atoms with Gasteiger partial charge in [-0.2, -0.15) is 0 Å². The molecule has 0 radical (unpaired) electrons. The first-order valence-electron chi connectivity index (χ1n) is 12.0. The van der Waals surface area contributed by atoms with Crippen LogP contribution in [0.2, 0.25) is 0 Å². The Balaban J connectivity index is 2.28. The Morgan fingerprint density at radius 3 is 1.72 bits per heavy atom. The molecule has 11 nitrogen and oxygen atoms in total. The minimum atomic E-state index is -1.48. The summed E-state index contributed by atoms with van der Waals surface area (Å²) < 4.78 is 8.85. The lowest BCUT2D eigenvalue weighted by Gasteiger charge is -2.34. The molecule has 0 aliphatic rings. The number of amides is 3. The van der Waals surface area contributed by atoms with Gasteiger partial charge in [-0.3, -0.25) is 9.59 Å². The van der Waals surface area contributed by atoms with Crippen molar-refractivity contribution in [2.75, 3.05) is 0 Å². The number of alkyl carbamates (subject to hydrolysis) is 1. The summed E-state index contributed by atoms with van der Waals surface area (Å²) in [5, 5.41) is 30.4. The molecule has 0 saturated heterocycles. The molecule has 2 rings (SSSR count). The molecule has 0 aromatic carbocycles. The standard InChI is InChI=1S/C25H39N5O6/c1-17(2)20(26-16-31)23(34)27-18(14-29-10-6-7-11-29)21(32)22(33)19(15-30-12-8-9-13-30)28-24(35)36-25(3,4)5/h6-13,16-22,32-33H,14-15H2,1-5H3,(H,26,31)(H,27,34)(H,28,35)/t18-,19?,20+,21-,22+/m1/s1. The van der Waals surface area contributed by atoms with Gasteiger partial charge in [0, 0.05) is 37.9 Å².